The molecule has 1 aromatic carbocycles. The van der Waals surface area contributed by atoms with E-state index in [-0.39, 0.29) is 25.2 Å². The predicted molar refractivity (Wildman–Crippen MR) is 125 cm³/mol. The summed E-state index contributed by atoms with van der Waals surface area (Å²) in [6.45, 7) is 2.49. The summed E-state index contributed by atoms with van der Waals surface area (Å²) in [6.07, 6.45) is 7.15. The molecule has 2 fully saturated rings. The van der Waals surface area contributed by atoms with Gasteiger partial charge in [-0.05, 0) is 80.3 Å². The molecule has 1 atom stereocenters. The average molecular weight is 465 g/mol. The number of hydrogen-bond acceptors (Lipinski definition) is 5. The molecule has 7 nitrogen and oxygen atoms in total. The highest BCUT2D eigenvalue weighted by molar-refractivity contribution is 7.59. The zero-order valence-corrected chi connectivity index (χ0v) is 19.3. The third-order valence-corrected chi connectivity index (χ3v) is 6.14. The first-order chi connectivity index (χ1) is 15.5. The van der Waals surface area contributed by atoms with E-state index in [1.165, 1.54) is 24.7 Å². The molecule has 2 saturated carbocycles. The van der Waals surface area contributed by atoms with Gasteiger partial charge in [0.15, 0.2) is 11.6 Å². The van der Waals surface area contributed by atoms with Crippen LogP contribution < -0.4 is 0 Å². The summed E-state index contributed by atoms with van der Waals surface area (Å²) in [6, 6.07) is 9.72. The lowest BCUT2D eigenvalue weighted by Gasteiger charge is -2.29. The lowest BCUT2D eigenvalue weighted by molar-refractivity contribution is 0.0670. The fraction of sp³-hybridized carbons (Fsp3) is 0.375. The minimum absolute atomic E-state index is 0. The molecule has 0 aliphatic heterocycles. The van der Waals surface area contributed by atoms with E-state index in [1.807, 2.05) is 19.1 Å². The molecule has 0 spiro atoms. The second-order valence-corrected chi connectivity index (χ2v) is 8.67. The molecule has 9 heteroatoms. The van der Waals surface area contributed by atoms with E-state index >= 15 is 0 Å². The molecule has 2 aromatic heterocycles. The van der Waals surface area contributed by atoms with Crippen LogP contribution in [-0.2, 0) is 0 Å². The fourth-order valence-electron chi connectivity index (χ4n) is 3.98. The minimum atomic E-state index is -0.393. The largest absolute Gasteiger partial charge is 0.328 e. The van der Waals surface area contributed by atoms with Crippen molar-refractivity contribution in [3.63, 3.8) is 0 Å². The van der Waals surface area contributed by atoms with Crippen LogP contribution in [0, 0.1) is 23.1 Å². The van der Waals surface area contributed by atoms with Gasteiger partial charge in [-0.15, -0.1) is 0 Å². The molecular weight excluding hydrogens is 439 g/mol. The lowest BCUT2D eigenvalue weighted by atomic mass is 10.0. The number of benzene rings is 1. The Morgan fingerprint density at radius 2 is 2.03 bits per heavy atom. The van der Waals surface area contributed by atoms with Crippen molar-refractivity contribution >= 4 is 19.4 Å². The van der Waals surface area contributed by atoms with Crippen LogP contribution in [0.1, 0.15) is 71.9 Å². The number of nitrogens with zero attached hydrogens (tertiary/aromatic N) is 6. The molecule has 0 bridgehead atoms. The molecule has 0 unspecified atom stereocenters. The van der Waals surface area contributed by atoms with Gasteiger partial charge < -0.3 is 4.90 Å². The number of carbonyl (C=O) groups excluding carboxylic acids is 1. The normalized spacial score (nSPS) is 15.9. The Kier molecular flexibility index (Phi) is 6.47. The maximum Gasteiger partial charge on any atom is 0.254 e. The SMILES string of the molecule is C[C@H](c1ncnn1-c1ccc(C#N)cn1)N(CC1CC1)C(=O)c1cc(F)cc(C2CC2)c1.S. The zero-order chi connectivity index (χ0) is 22.2. The van der Waals surface area contributed by atoms with Gasteiger partial charge in [-0.3, -0.25) is 4.79 Å². The topological polar surface area (TPSA) is 87.7 Å². The van der Waals surface area contributed by atoms with Gasteiger partial charge in [-0.2, -0.15) is 28.5 Å². The van der Waals surface area contributed by atoms with Crippen molar-refractivity contribution < 1.29 is 9.18 Å². The molecule has 170 valence electrons. The van der Waals surface area contributed by atoms with E-state index in [0.29, 0.717) is 41.1 Å². The van der Waals surface area contributed by atoms with Gasteiger partial charge in [0.05, 0.1) is 11.6 Å². The Morgan fingerprint density at radius 3 is 2.67 bits per heavy atom. The van der Waals surface area contributed by atoms with E-state index in [9.17, 15) is 9.18 Å². The van der Waals surface area contributed by atoms with E-state index in [4.69, 9.17) is 5.26 Å². The van der Waals surface area contributed by atoms with E-state index in [2.05, 4.69) is 15.1 Å². The van der Waals surface area contributed by atoms with Crippen LogP contribution in [0.4, 0.5) is 4.39 Å². The van der Waals surface area contributed by atoms with Crippen molar-refractivity contribution in [2.24, 2.45) is 5.92 Å². The summed E-state index contributed by atoms with van der Waals surface area (Å²) in [4.78, 5) is 24.1. The number of rotatable bonds is 7. The van der Waals surface area contributed by atoms with Gasteiger partial charge in [0.2, 0.25) is 0 Å². The molecule has 1 amide bonds. The van der Waals surface area contributed by atoms with Gasteiger partial charge in [0.25, 0.3) is 5.91 Å². The van der Waals surface area contributed by atoms with E-state index in [1.54, 1.807) is 21.7 Å². The summed E-state index contributed by atoms with van der Waals surface area (Å²) in [5, 5.41) is 13.3. The first-order valence-electron chi connectivity index (χ1n) is 10.9. The number of hydrogen-bond donors (Lipinski definition) is 0. The maximum absolute atomic E-state index is 14.3. The lowest BCUT2D eigenvalue weighted by Crippen LogP contribution is -2.36. The van der Waals surface area contributed by atoms with Gasteiger partial charge in [-0.1, -0.05) is 0 Å². The molecule has 2 aliphatic carbocycles. The van der Waals surface area contributed by atoms with Gasteiger partial charge >= 0.3 is 0 Å². The van der Waals surface area contributed by atoms with Crippen molar-refractivity contribution in [3.05, 3.63) is 71.2 Å². The summed E-state index contributed by atoms with van der Waals surface area (Å²) < 4.78 is 15.9. The molecule has 0 radical (unpaired) electrons. The maximum atomic E-state index is 14.3. The number of pyridine rings is 1. The summed E-state index contributed by atoms with van der Waals surface area (Å²) in [5.41, 5.74) is 1.73. The Bertz CT molecular complexity index is 1200. The van der Waals surface area contributed by atoms with Crippen molar-refractivity contribution in [3.8, 4) is 11.9 Å². The Morgan fingerprint density at radius 1 is 1.24 bits per heavy atom. The van der Waals surface area contributed by atoms with E-state index < -0.39 is 6.04 Å². The summed E-state index contributed by atoms with van der Waals surface area (Å²) in [5.74, 6) is 1.31. The summed E-state index contributed by atoms with van der Waals surface area (Å²) >= 11 is 0. The first-order valence-corrected chi connectivity index (χ1v) is 10.9. The number of halogens is 1. The van der Waals surface area contributed by atoms with Crippen molar-refractivity contribution in [2.45, 2.75) is 44.6 Å². The van der Waals surface area contributed by atoms with Crippen molar-refractivity contribution in [1.82, 2.24) is 24.6 Å². The standard InChI is InChI=1S/C24H23FN6O.H2S/c1-15(23-28-14-29-31(23)22-7-4-17(11-26)12-27-22)30(13-16-2-3-16)24(32)20-8-19(18-5-6-18)9-21(25)10-20;/h4,7-10,12,14-16,18H,2-3,5-6,13H2,1H3;1H2/t15-;/m1./s1. The molecule has 5 rings (SSSR count). The molecule has 33 heavy (non-hydrogen) atoms. The highest BCUT2D eigenvalue weighted by atomic mass is 32.1. The molecule has 2 aliphatic rings. The third-order valence-electron chi connectivity index (χ3n) is 6.14. The second-order valence-electron chi connectivity index (χ2n) is 8.67. The number of carbonyl (C=O) groups is 1. The molecule has 3 aromatic rings. The highest BCUT2D eigenvalue weighted by Crippen LogP contribution is 2.41. The van der Waals surface area contributed by atoms with Crippen LogP contribution in [0.15, 0.2) is 42.9 Å². The second kappa shape index (κ2) is 9.32. The van der Waals surface area contributed by atoms with Gasteiger partial charge in [0, 0.05) is 18.3 Å². The third kappa shape index (κ3) is 4.91. The molecule has 0 saturated heterocycles. The Labute approximate surface area is 198 Å². The zero-order valence-electron chi connectivity index (χ0n) is 18.3. The fourth-order valence-corrected chi connectivity index (χ4v) is 3.98. The van der Waals surface area contributed by atoms with Crippen LogP contribution in [-0.4, -0.2) is 37.1 Å². The number of aromatic nitrogens is 4. The van der Waals surface area contributed by atoms with Crippen LogP contribution in [0.3, 0.4) is 0 Å². The van der Waals surface area contributed by atoms with Crippen LogP contribution in [0.5, 0.6) is 0 Å². The average Bonchev–Trinajstić information content (AvgIpc) is 3.74. The van der Waals surface area contributed by atoms with Gasteiger partial charge in [-0.25, -0.2) is 14.4 Å². The number of nitriles is 1. The Hall–Kier alpha value is -3.25. The molecule has 2 heterocycles. The predicted octanol–water partition coefficient (Wildman–Crippen LogP) is 4.28. The van der Waals surface area contributed by atoms with E-state index in [0.717, 1.165) is 31.2 Å². The quantitative estimate of drug-likeness (QED) is 0.521. The monoisotopic (exact) mass is 464 g/mol. The van der Waals surface area contributed by atoms with Gasteiger partial charge in [0.1, 0.15) is 18.2 Å². The first kappa shape index (κ1) is 22.9. The number of amides is 1. The van der Waals surface area contributed by atoms with Crippen LogP contribution in [0.25, 0.3) is 5.82 Å². The minimum Gasteiger partial charge on any atom is -0.328 e. The van der Waals surface area contributed by atoms with Crippen molar-refractivity contribution in [1.29, 1.82) is 5.26 Å². The highest BCUT2D eigenvalue weighted by Gasteiger charge is 2.34. The smallest absolute Gasteiger partial charge is 0.254 e. The van der Waals surface area contributed by atoms with Crippen LogP contribution >= 0.6 is 13.5 Å². The molecule has 0 N–H and O–H groups in total. The summed E-state index contributed by atoms with van der Waals surface area (Å²) in [7, 11) is 0. The van der Waals surface area contributed by atoms with Crippen molar-refractivity contribution in [2.75, 3.05) is 6.54 Å². The van der Waals surface area contributed by atoms with Crippen LogP contribution in [0.2, 0.25) is 0 Å². The molecular formula is C24H25FN6OS. The Balaban J connectivity index is 0.00000259.